The SMILES string of the molecule is C=CCC(C)Nc1cc(Br)ccc1N. The molecule has 76 valence electrons. The number of halogens is 1. The molecule has 1 aromatic carbocycles. The zero-order valence-electron chi connectivity index (χ0n) is 8.26. The topological polar surface area (TPSA) is 38.0 Å². The molecule has 0 fully saturated rings. The molecule has 0 saturated carbocycles. The van der Waals surface area contributed by atoms with Gasteiger partial charge >= 0.3 is 0 Å². The highest BCUT2D eigenvalue weighted by atomic mass is 79.9. The van der Waals surface area contributed by atoms with Crippen molar-refractivity contribution in [1.29, 1.82) is 0 Å². The van der Waals surface area contributed by atoms with Gasteiger partial charge in [0.1, 0.15) is 0 Å². The fourth-order valence-corrected chi connectivity index (χ4v) is 1.59. The highest BCUT2D eigenvalue weighted by Crippen LogP contribution is 2.24. The number of nitrogens with two attached hydrogens (primary N) is 1. The number of hydrogen-bond donors (Lipinski definition) is 2. The van der Waals surface area contributed by atoms with Crippen LogP contribution in [0.3, 0.4) is 0 Å². The van der Waals surface area contributed by atoms with Gasteiger partial charge in [-0.15, -0.1) is 6.58 Å². The maximum Gasteiger partial charge on any atom is 0.0587 e. The molecule has 1 unspecified atom stereocenters. The van der Waals surface area contributed by atoms with Crippen LogP contribution in [0.4, 0.5) is 11.4 Å². The summed E-state index contributed by atoms with van der Waals surface area (Å²) >= 11 is 3.41. The van der Waals surface area contributed by atoms with Gasteiger partial charge in [0.15, 0.2) is 0 Å². The molecular weight excluding hydrogens is 240 g/mol. The lowest BCUT2D eigenvalue weighted by molar-refractivity contribution is 0.814. The molecule has 1 aromatic rings. The third-order valence-electron chi connectivity index (χ3n) is 1.94. The van der Waals surface area contributed by atoms with E-state index in [2.05, 4.69) is 34.7 Å². The molecule has 0 aromatic heterocycles. The number of hydrogen-bond acceptors (Lipinski definition) is 2. The van der Waals surface area contributed by atoms with E-state index < -0.39 is 0 Å². The Morgan fingerprint density at radius 1 is 1.64 bits per heavy atom. The third kappa shape index (κ3) is 3.07. The summed E-state index contributed by atoms with van der Waals surface area (Å²) in [5.41, 5.74) is 7.56. The number of anilines is 2. The summed E-state index contributed by atoms with van der Waals surface area (Å²) < 4.78 is 1.03. The highest BCUT2D eigenvalue weighted by Gasteiger charge is 2.03. The molecule has 0 heterocycles. The second kappa shape index (κ2) is 5.05. The maximum absolute atomic E-state index is 5.82. The van der Waals surface area contributed by atoms with Gasteiger partial charge in [0.2, 0.25) is 0 Å². The van der Waals surface area contributed by atoms with Gasteiger partial charge in [0, 0.05) is 10.5 Å². The van der Waals surface area contributed by atoms with E-state index in [4.69, 9.17) is 5.73 Å². The van der Waals surface area contributed by atoms with Crippen LogP contribution < -0.4 is 11.1 Å². The van der Waals surface area contributed by atoms with Gasteiger partial charge in [-0.2, -0.15) is 0 Å². The van der Waals surface area contributed by atoms with Crippen molar-refractivity contribution in [1.82, 2.24) is 0 Å². The summed E-state index contributed by atoms with van der Waals surface area (Å²) in [4.78, 5) is 0. The van der Waals surface area contributed by atoms with Crippen molar-refractivity contribution in [3.63, 3.8) is 0 Å². The lowest BCUT2D eigenvalue weighted by Gasteiger charge is -2.15. The lowest BCUT2D eigenvalue weighted by Crippen LogP contribution is -2.14. The highest BCUT2D eigenvalue weighted by molar-refractivity contribution is 9.10. The monoisotopic (exact) mass is 254 g/mol. The summed E-state index contributed by atoms with van der Waals surface area (Å²) in [6, 6.07) is 6.14. The van der Waals surface area contributed by atoms with Crippen molar-refractivity contribution < 1.29 is 0 Å². The molecule has 14 heavy (non-hydrogen) atoms. The van der Waals surface area contributed by atoms with Crippen LogP contribution in [0.25, 0.3) is 0 Å². The number of nitrogens with one attached hydrogen (secondary N) is 1. The molecule has 1 atom stereocenters. The second-order valence-corrected chi connectivity index (χ2v) is 4.22. The zero-order chi connectivity index (χ0) is 10.6. The van der Waals surface area contributed by atoms with Crippen molar-refractivity contribution in [2.45, 2.75) is 19.4 Å². The number of benzene rings is 1. The summed E-state index contributed by atoms with van der Waals surface area (Å²) in [7, 11) is 0. The van der Waals surface area contributed by atoms with Crippen LogP contribution in [0.5, 0.6) is 0 Å². The van der Waals surface area contributed by atoms with Crippen molar-refractivity contribution in [3.8, 4) is 0 Å². The Labute approximate surface area is 93.3 Å². The minimum Gasteiger partial charge on any atom is -0.397 e. The van der Waals surface area contributed by atoms with E-state index >= 15 is 0 Å². The zero-order valence-corrected chi connectivity index (χ0v) is 9.84. The maximum atomic E-state index is 5.82. The Hall–Kier alpha value is -0.960. The molecule has 0 amide bonds. The summed E-state index contributed by atoms with van der Waals surface area (Å²) in [5.74, 6) is 0. The quantitative estimate of drug-likeness (QED) is 0.639. The Morgan fingerprint density at radius 3 is 3.00 bits per heavy atom. The second-order valence-electron chi connectivity index (χ2n) is 3.30. The smallest absolute Gasteiger partial charge is 0.0587 e. The van der Waals surface area contributed by atoms with E-state index in [0.717, 1.165) is 22.3 Å². The molecule has 3 heteroatoms. The van der Waals surface area contributed by atoms with Gasteiger partial charge in [-0.25, -0.2) is 0 Å². The molecule has 1 rings (SSSR count). The minimum absolute atomic E-state index is 0.351. The summed E-state index contributed by atoms with van der Waals surface area (Å²) in [6.45, 7) is 5.80. The Balaban J connectivity index is 2.74. The van der Waals surface area contributed by atoms with Gasteiger partial charge < -0.3 is 11.1 Å². The first-order valence-corrected chi connectivity index (χ1v) is 5.35. The Bertz CT molecular complexity index is 323. The minimum atomic E-state index is 0.351. The fourth-order valence-electron chi connectivity index (χ4n) is 1.23. The molecule has 3 N–H and O–H groups in total. The Kier molecular flexibility index (Phi) is 4.01. The fraction of sp³-hybridized carbons (Fsp3) is 0.273. The number of nitrogen functional groups attached to an aromatic ring is 1. The van der Waals surface area contributed by atoms with E-state index in [0.29, 0.717) is 6.04 Å². The Morgan fingerprint density at radius 2 is 2.36 bits per heavy atom. The molecule has 2 nitrogen and oxygen atoms in total. The average molecular weight is 255 g/mol. The van der Waals surface area contributed by atoms with Gasteiger partial charge in [-0.05, 0) is 31.5 Å². The van der Waals surface area contributed by atoms with Gasteiger partial charge in [-0.3, -0.25) is 0 Å². The normalized spacial score (nSPS) is 12.1. The molecule has 0 aliphatic carbocycles. The summed E-state index contributed by atoms with van der Waals surface area (Å²) in [5, 5.41) is 3.33. The number of rotatable bonds is 4. The molecule has 0 aliphatic rings. The van der Waals surface area contributed by atoms with Crippen LogP contribution in [0.15, 0.2) is 35.3 Å². The first kappa shape index (κ1) is 11.1. The van der Waals surface area contributed by atoms with E-state index in [9.17, 15) is 0 Å². The molecule has 0 spiro atoms. The summed E-state index contributed by atoms with van der Waals surface area (Å²) in [6.07, 6.45) is 2.82. The predicted octanol–water partition coefficient (Wildman–Crippen LogP) is 3.41. The van der Waals surface area contributed by atoms with Crippen LogP contribution in [-0.4, -0.2) is 6.04 Å². The van der Waals surface area contributed by atoms with Gasteiger partial charge in [0.05, 0.1) is 11.4 Å². The van der Waals surface area contributed by atoms with E-state index in [1.54, 1.807) is 0 Å². The third-order valence-corrected chi connectivity index (χ3v) is 2.43. The van der Waals surface area contributed by atoms with Crippen molar-refractivity contribution in [2.24, 2.45) is 0 Å². The standard InChI is InChI=1S/C11H15BrN2/c1-3-4-8(2)14-11-7-9(12)5-6-10(11)13/h3,5-8,14H,1,4,13H2,2H3. The van der Waals surface area contributed by atoms with E-state index in [-0.39, 0.29) is 0 Å². The predicted molar refractivity (Wildman–Crippen MR) is 66.5 cm³/mol. The van der Waals surface area contributed by atoms with Crippen LogP contribution in [0, 0.1) is 0 Å². The van der Waals surface area contributed by atoms with Crippen LogP contribution in [0.1, 0.15) is 13.3 Å². The van der Waals surface area contributed by atoms with Crippen molar-refractivity contribution >= 4 is 27.3 Å². The van der Waals surface area contributed by atoms with Crippen LogP contribution >= 0.6 is 15.9 Å². The van der Waals surface area contributed by atoms with E-state index in [1.165, 1.54) is 0 Å². The lowest BCUT2D eigenvalue weighted by atomic mass is 10.2. The first-order valence-electron chi connectivity index (χ1n) is 4.56. The largest absolute Gasteiger partial charge is 0.397 e. The van der Waals surface area contributed by atoms with Crippen molar-refractivity contribution in [2.75, 3.05) is 11.1 Å². The molecular formula is C11H15BrN2. The molecule has 0 aliphatic heterocycles. The van der Waals surface area contributed by atoms with Gasteiger partial charge in [0.25, 0.3) is 0 Å². The van der Waals surface area contributed by atoms with Gasteiger partial charge in [-0.1, -0.05) is 22.0 Å². The van der Waals surface area contributed by atoms with E-state index in [1.807, 2.05) is 24.3 Å². The van der Waals surface area contributed by atoms with Crippen LogP contribution in [0.2, 0.25) is 0 Å². The molecule has 0 bridgehead atoms. The average Bonchev–Trinajstić information content (AvgIpc) is 2.12. The first-order chi connectivity index (χ1) is 6.63. The molecule has 0 radical (unpaired) electrons. The van der Waals surface area contributed by atoms with Crippen molar-refractivity contribution in [3.05, 3.63) is 35.3 Å². The molecule has 0 saturated heterocycles. The van der Waals surface area contributed by atoms with Crippen LogP contribution in [-0.2, 0) is 0 Å².